The normalized spacial score (nSPS) is 10.6. The molecule has 2 rings (SSSR count). The lowest BCUT2D eigenvalue weighted by Crippen LogP contribution is -2.05. The monoisotopic (exact) mass is 277 g/mol. The number of aryl methyl sites for hydroxylation is 1. The van der Waals surface area contributed by atoms with E-state index in [9.17, 15) is 0 Å². The highest BCUT2D eigenvalue weighted by atomic mass is 16.5. The van der Waals surface area contributed by atoms with Crippen LogP contribution in [0.3, 0.4) is 0 Å². The summed E-state index contributed by atoms with van der Waals surface area (Å²) in [4.78, 5) is 1.40. The lowest BCUT2D eigenvalue weighted by molar-refractivity contribution is 0.262. The van der Waals surface area contributed by atoms with Gasteiger partial charge in [0.05, 0.1) is 13.7 Å². The molecule has 2 aromatic rings. The summed E-state index contributed by atoms with van der Waals surface area (Å²) in [6.45, 7) is 3.37. The predicted octanol–water partition coefficient (Wildman–Crippen LogP) is 0.689. The van der Waals surface area contributed by atoms with Crippen LogP contribution in [0.5, 0.6) is 11.5 Å². The standard InChI is InChI=1S/C13H19N5O2/c1-3-19-12-8-10(6-7-14)4-5-11(12)20-9-13-15-17-18(2)16-13/h4-5,8H,3,6-7,9,14H2,1-2H3. The third-order valence-corrected chi connectivity index (χ3v) is 2.65. The largest absolute Gasteiger partial charge is 0.490 e. The third-order valence-electron chi connectivity index (χ3n) is 2.65. The van der Waals surface area contributed by atoms with E-state index < -0.39 is 0 Å². The van der Waals surface area contributed by atoms with E-state index in [0.29, 0.717) is 30.5 Å². The van der Waals surface area contributed by atoms with Crippen molar-refractivity contribution in [3.63, 3.8) is 0 Å². The summed E-state index contributed by atoms with van der Waals surface area (Å²) < 4.78 is 11.3. The average molecular weight is 277 g/mol. The lowest BCUT2D eigenvalue weighted by atomic mass is 10.1. The maximum atomic E-state index is 5.69. The Bertz CT molecular complexity index is 555. The fourth-order valence-electron chi connectivity index (χ4n) is 1.79. The van der Waals surface area contributed by atoms with E-state index in [2.05, 4.69) is 15.4 Å². The van der Waals surface area contributed by atoms with Gasteiger partial charge in [0.15, 0.2) is 18.1 Å². The Balaban J connectivity index is 2.09. The van der Waals surface area contributed by atoms with Gasteiger partial charge in [-0.2, -0.15) is 4.80 Å². The van der Waals surface area contributed by atoms with Crippen LogP contribution in [0.4, 0.5) is 0 Å². The van der Waals surface area contributed by atoms with Crippen LogP contribution in [-0.2, 0) is 20.1 Å². The highest BCUT2D eigenvalue weighted by Crippen LogP contribution is 2.29. The summed E-state index contributed by atoms with van der Waals surface area (Å²) in [5, 5.41) is 11.7. The second-order valence-corrected chi connectivity index (χ2v) is 4.24. The van der Waals surface area contributed by atoms with Gasteiger partial charge in [-0.1, -0.05) is 6.07 Å². The molecule has 7 heteroatoms. The molecule has 0 bridgehead atoms. The van der Waals surface area contributed by atoms with Gasteiger partial charge in [-0.15, -0.1) is 10.2 Å². The first-order valence-corrected chi connectivity index (χ1v) is 6.54. The van der Waals surface area contributed by atoms with Crippen molar-refractivity contribution >= 4 is 0 Å². The molecule has 0 radical (unpaired) electrons. The van der Waals surface area contributed by atoms with Gasteiger partial charge in [0.2, 0.25) is 5.82 Å². The molecule has 108 valence electrons. The number of nitrogens with two attached hydrogens (primary N) is 1. The molecule has 0 saturated heterocycles. The van der Waals surface area contributed by atoms with Crippen molar-refractivity contribution in [3.8, 4) is 11.5 Å². The zero-order valence-electron chi connectivity index (χ0n) is 11.7. The molecule has 2 N–H and O–H groups in total. The molecule has 0 aliphatic heterocycles. The summed E-state index contributed by atoms with van der Waals surface area (Å²) in [6.07, 6.45) is 0.812. The fraction of sp³-hybridized carbons (Fsp3) is 0.462. The van der Waals surface area contributed by atoms with Crippen molar-refractivity contribution in [2.75, 3.05) is 13.2 Å². The van der Waals surface area contributed by atoms with Gasteiger partial charge < -0.3 is 15.2 Å². The van der Waals surface area contributed by atoms with Crippen molar-refractivity contribution in [3.05, 3.63) is 29.6 Å². The van der Waals surface area contributed by atoms with Crippen LogP contribution in [0.1, 0.15) is 18.3 Å². The maximum Gasteiger partial charge on any atom is 0.212 e. The van der Waals surface area contributed by atoms with Crippen LogP contribution in [0.2, 0.25) is 0 Å². The van der Waals surface area contributed by atoms with E-state index in [4.69, 9.17) is 15.2 Å². The zero-order valence-corrected chi connectivity index (χ0v) is 11.7. The molecule has 0 aliphatic carbocycles. The third kappa shape index (κ3) is 3.67. The second-order valence-electron chi connectivity index (χ2n) is 4.24. The topological polar surface area (TPSA) is 88.1 Å². The first-order valence-electron chi connectivity index (χ1n) is 6.54. The Labute approximate surface area is 117 Å². The molecule has 1 heterocycles. The first-order chi connectivity index (χ1) is 9.72. The van der Waals surface area contributed by atoms with Crippen LogP contribution < -0.4 is 15.2 Å². The van der Waals surface area contributed by atoms with Crippen molar-refractivity contribution in [2.45, 2.75) is 20.0 Å². The molecule has 0 unspecified atom stereocenters. The minimum Gasteiger partial charge on any atom is -0.490 e. The molecule has 1 aromatic carbocycles. The lowest BCUT2D eigenvalue weighted by Gasteiger charge is -2.12. The van der Waals surface area contributed by atoms with E-state index in [-0.39, 0.29) is 6.61 Å². The molecular formula is C13H19N5O2. The van der Waals surface area contributed by atoms with Crippen molar-refractivity contribution in [2.24, 2.45) is 12.8 Å². The number of ether oxygens (including phenoxy) is 2. The van der Waals surface area contributed by atoms with Crippen molar-refractivity contribution in [1.29, 1.82) is 0 Å². The highest BCUT2D eigenvalue weighted by Gasteiger charge is 2.08. The number of tetrazole rings is 1. The Morgan fingerprint density at radius 2 is 2.10 bits per heavy atom. The smallest absolute Gasteiger partial charge is 0.212 e. The van der Waals surface area contributed by atoms with E-state index in [1.807, 2.05) is 25.1 Å². The minimum absolute atomic E-state index is 0.254. The van der Waals surface area contributed by atoms with Crippen LogP contribution in [-0.4, -0.2) is 33.4 Å². The van der Waals surface area contributed by atoms with Gasteiger partial charge in [-0.3, -0.25) is 0 Å². The van der Waals surface area contributed by atoms with E-state index in [0.717, 1.165) is 12.0 Å². The summed E-state index contributed by atoms with van der Waals surface area (Å²) in [7, 11) is 1.71. The number of benzene rings is 1. The van der Waals surface area contributed by atoms with Crippen molar-refractivity contribution in [1.82, 2.24) is 20.2 Å². The molecule has 0 spiro atoms. The number of aromatic nitrogens is 4. The Morgan fingerprint density at radius 3 is 2.75 bits per heavy atom. The van der Waals surface area contributed by atoms with Crippen LogP contribution in [0.25, 0.3) is 0 Å². The maximum absolute atomic E-state index is 5.69. The molecule has 0 fully saturated rings. The molecule has 1 aromatic heterocycles. The molecule has 0 atom stereocenters. The van der Waals surface area contributed by atoms with Crippen LogP contribution in [0, 0.1) is 0 Å². The average Bonchev–Trinajstić information content (AvgIpc) is 2.84. The van der Waals surface area contributed by atoms with Gasteiger partial charge in [-0.05, 0) is 42.8 Å². The number of hydrogen-bond donors (Lipinski definition) is 1. The molecule has 7 nitrogen and oxygen atoms in total. The minimum atomic E-state index is 0.254. The van der Waals surface area contributed by atoms with Gasteiger partial charge in [0.25, 0.3) is 0 Å². The van der Waals surface area contributed by atoms with Crippen molar-refractivity contribution < 1.29 is 9.47 Å². The highest BCUT2D eigenvalue weighted by molar-refractivity contribution is 5.43. The summed E-state index contributed by atoms with van der Waals surface area (Å²) in [6, 6.07) is 5.82. The first kappa shape index (κ1) is 14.3. The fourth-order valence-corrected chi connectivity index (χ4v) is 1.79. The molecule has 0 aliphatic rings. The molecule has 20 heavy (non-hydrogen) atoms. The van der Waals surface area contributed by atoms with E-state index >= 15 is 0 Å². The number of nitrogens with zero attached hydrogens (tertiary/aromatic N) is 4. The zero-order chi connectivity index (χ0) is 14.4. The molecule has 0 saturated carbocycles. The van der Waals surface area contributed by atoms with E-state index in [1.54, 1.807) is 7.05 Å². The van der Waals surface area contributed by atoms with Gasteiger partial charge in [-0.25, -0.2) is 0 Å². The number of hydrogen-bond acceptors (Lipinski definition) is 6. The van der Waals surface area contributed by atoms with Gasteiger partial charge >= 0.3 is 0 Å². The second kappa shape index (κ2) is 6.85. The summed E-state index contributed by atoms with van der Waals surface area (Å²) >= 11 is 0. The Kier molecular flexibility index (Phi) is 4.89. The Hall–Kier alpha value is -2.15. The summed E-state index contributed by atoms with van der Waals surface area (Å²) in [5.74, 6) is 1.91. The van der Waals surface area contributed by atoms with Crippen LogP contribution >= 0.6 is 0 Å². The number of rotatable bonds is 7. The van der Waals surface area contributed by atoms with E-state index in [1.165, 1.54) is 4.80 Å². The van der Waals surface area contributed by atoms with Crippen LogP contribution in [0.15, 0.2) is 18.2 Å². The molecular weight excluding hydrogens is 258 g/mol. The molecule has 0 amide bonds. The summed E-state index contributed by atoms with van der Waals surface area (Å²) in [5.41, 5.74) is 6.69. The van der Waals surface area contributed by atoms with Gasteiger partial charge in [0.1, 0.15) is 0 Å². The Morgan fingerprint density at radius 1 is 1.25 bits per heavy atom. The van der Waals surface area contributed by atoms with Gasteiger partial charge in [0, 0.05) is 0 Å². The SMILES string of the molecule is CCOc1cc(CCN)ccc1OCc1nnn(C)n1. The predicted molar refractivity (Wildman–Crippen MR) is 73.5 cm³/mol. The quantitative estimate of drug-likeness (QED) is 0.801.